The van der Waals surface area contributed by atoms with Gasteiger partial charge in [-0.2, -0.15) is 0 Å². The van der Waals surface area contributed by atoms with Gasteiger partial charge in [-0.25, -0.2) is 4.79 Å². The van der Waals surface area contributed by atoms with E-state index in [0.29, 0.717) is 24.5 Å². The van der Waals surface area contributed by atoms with Crippen LogP contribution in [0.5, 0.6) is 5.75 Å². The zero-order valence-electron chi connectivity index (χ0n) is 15.0. The summed E-state index contributed by atoms with van der Waals surface area (Å²) in [6.07, 6.45) is 0. The summed E-state index contributed by atoms with van der Waals surface area (Å²) in [5, 5.41) is 2.41. The van der Waals surface area contributed by atoms with Crippen LogP contribution in [0.2, 0.25) is 0 Å². The van der Waals surface area contributed by atoms with Crippen molar-refractivity contribution >= 4 is 17.8 Å². The maximum absolute atomic E-state index is 12.1. The number of carbonyl (C=O) groups is 3. The van der Waals surface area contributed by atoms with Gasteiger partial charge in [0.15, 0.2) is 6.61 Å². The van der Waals surface area contributed by atoms with Crippen LogP contribution in [0.3, 0.4) is 0 Å². The van der Waals surface area contributed by atoms with Crippen molar-refractivity contribution in [1.82, 2.24) is 10.2 Å². The number of esters is 1. The van der Waals surface area contributed by atoms with E-state index in [0.717, 1.165) is 0 Å². The Bertz CT molecular complexity index is 617. The van der Waals surface area contributed by atoms with E-state index in [9.17, 15) is 14.4 Å². The van der Waals surface area contributed by atoms with Gasteiger partial charge in [-0.3, -0.25) is 9.59 Å². The van der Waals surface area contributed by atoms with Crippen LogP contribution in [0.15, 0.2) is 18.2 Å². The quantitative estimate of drug-likeness (QED) is 0.654. The Morgan fingerprint density at radius 1 is 1.24 bits per heavy atom. The third-order valence-corrected chi connectivity index (χ3v) is 3.39. The molecule has 0 aromatic heterocycles. The minimum atomic E-state index is -0.637. The van der Waals surface area contributed by atoms with Crippen molar-refractivity contribution in [2.45, 2.75) is 13.5 Å². The van der Waals surface area contributed by atoms with E-state index in [1.165, 1.54) is 26.1 Å². The number of carbonyl (C=O) groups excluding carboxylic acids is 3. The van der Waals surface area contributed by atoms with E-state index >= 15 is 0 Å². The average Bonchev–Trinajstić information content (AvgIpc) is 2.63. The Hall–Kier alpha value is -2.61. The second-order valence-corrected chi connectivity index (χ2v) is 5.16. The highest BCUT2D eigenvalue weighted by atomic mass is 16.5. The van der Waals surface area contributed by atoms with E-state index in [1.54, 1.807) is 18.2 Å². The molecule has 0 saturated carbocycles. The number of nitrogens with zero attached hydrogens (tertiary/aromatic N) is 1. The molecule has 2 amide bonds. The zero-order chi connectivity index (χ0) is 18.8. The molecule has 0 spiro atoms. The number of likely N-dealkylation sites (N-methyl/N-ethyl adjacent to an activating group) is 2. The summed E-state index contributed by atoms with van der Waals surface area (Å²) in [6, 6.07) is 4.80. The van der Waals surface area contributed by atoms with E-state index in [4.69, 9.17) is 14.2 Å². The molecule has 0 radical (unpaired) electrons. The summed E-state index contributed by atoms with van der Waals surface area (Å²) < 4.78 is 15.6. The number of methoxy groups -OCH3 is 1. The molecule has 0 unspecified atom stereocenters. The number of nitrogens with one attached hydrogen (secondary N) is 1. The second kappa shape index (κ2) is 10.3. The lowest BCUT2D eigenvalue weighted by Gasteiger charge is -2.16. The normalized spacial score (nSPS) is 10.1. The van der Waals surface area contributed by atoms with Crippen LogP contribution in [0.1, 0.15) is 22.8 Å². The number of amides is 2. The second-order valence-electron chi connectivity index (χ2n) is 5.16. The van der Waals surface area contributed by atoms with Crippen molar-refractivity contribution in [2.24, 2.45) is 0 Å². The van der Waals surface area contributed by atoms with Crippen molar-refractivity contribution in [3.8, 4) is 5.75 Å². The van der Waals surface area contributed by atoms with Crippen LogP contribution in [0.25, 0.3) is 0 Å². The van der Waals surface area contributed by atoms with Crippen LogP contribution < -0.4 is 10.1 Å². The summed E-state index contributed by atoms with van der Waals surface area (Å²) in [5.41, 5.74) is 0.999. The maximum Gasteiger partial charge on any atom is 0.338 e. The van der Waals surface area contributed by atoms with Gasteiger partial charge in [0.05, 0.1) is 25.8 Å². The zero-order valence-corrected chi connectivity index (χ0v) is 15.0. The SMILES string of the molecule is CCOCc1cc(C(=O)OCC(=O)N(C)CC(=O)NC)ccc1OC. The topological polar surface area (TPSA) is 94.2 Å². The summed E-state index contributed by atoms with van der Waals surface area (Å²) in [5.74, 6) is -0.814. The molecule has 1 aromatic carbocycles. The van der Waals surface area contributed by atoms with Gasteiger partial charge < -0.3 is 24.4 Å². The molecular weight excluding hydrogens is 328 g/mol. The predicted octanol–water partition coefficient (Wildman–Crippen LogP) is 0.593. The molecule has 0 aliphatic carbocycles. The Balaban J connectivity index is 2.67. The molecule has 0 heterocycles. The first-order chi connectivity index (χ1) is 11.9. The van der Waals surface area contributed by atoms with Crippen molar-refractivity contribution < 1.29 is 28.6 Å². The number of hydrogen-bond donors (Lipinski definition) is 1. The molecule has 0 saturated heterocycles. The van der Waals surface area contributed by atoms with E-state index < -0.39 is 18.5 Å². The lowest BCUT2D eigenvalue weighted by molar-refractivity contribution is -0.137. The van der Waals surface area contributed by atoms with Gasteiger partial charge in [0.2, 0.25) is 5.91 Å². The largest absolute Gasteiger partial charge is 0.496 e. The molecule has 0 fully saturated rings. The third-order valence-electron chi connectivity index (χ3n) is 3.39. The first-order valence-electron chi connectivity index (χ1n) is 7.79. The van der Waals surface area contributed by atoms with Gasteiger partial charge in [-0.15, -0.1) is 0 Å². The molecule has 1 rings (SSSR count). The molecular formula is C17H24N2O6. The first kappa shape index (κ1) is 20.4. The van der Waals surface area contributed by atoms with Gasteiger partial charge in [-0.05, 0) is 25.1 Å². The molecule has 138 valence electrons. The average molecular weight is 352 g/mol. The van der Waals surface area contributed by atoms with E-state index in [2.05, 4.69) is 5.32 Å². The molecule has 1 aromatic rings. The summed E-state index contributed by atoms with van der Waals surface area (Å²) in [6.45, 7) is 2.15. The van der Waals surface area contributed by atoms with Crippen LogP contribution >= 0.6 is 0 Å². The monoisotopic (exact) mass is 352 g/mol. The highest BCUT2D eigenvalue weighted by Gasteiger charge is 2.16. The van der Waals surface area contributed by atoms with Gasteiger partial charge in [0.25, 0.3) is 5.91 Å². The fourth-order valence-corrected chi connectivity index (χ4v) is 1.93. The summed E-state index contributed by atoms with van der Waals surface area (Å²) in [7, 11) is 4.47. The lowest BCUT2D eigenvalue weighted by Crippen LogP contribution is -2.39. The number of rotatable bonds is 9. The molecule has 8 nitrogen and oxygen atoms in total. The highest BCUT2D eigenvalue weighted by molar-refractivity contribution is 5.92. The number of ether oxygens (including phenoxy) is 3. The third kappa shape index (κ3) is 6.42. The number of benzene rings is 1. The van der Waals surface area contributed by atoms with Crippen molar-refractivity contribution in [3.05, 3.63) is 29.3 Å². The predicted molar refractivity (Wildman–Crippen MR) is 90.3 cm³/mol. The van der Waals surface area contributed by atoms with Gasteiger partial charge in [-0.1, -0.05) is 0 Å². The smallest absolute Gasteiger partial charge is 0.338 e. The molecule has 0 bridgehead atoms. The minimum Gasteiger partial charge on any atom is -0.496 e. The Kier molecular flexibility index (Phi) is 8.42. The molecule has 1 N–H and O–H groups in total. The van der Waals surface area contributed by atoms with E-state index in [1.807, 2.05) is 6.92 Å². The van der Waals surface area contributed by atoms with Crippen molar-refractivity contribution in [3.63, 3.8) is 0 Å². The summed E-state index contributed by atoms with van der Waals surface area (Å²) >= 11 is 0. The lowest BCUT2D eigenvalue weighted by atomic mass is 10.1. The van der Waals surface area contributed by atoms with Crippen LogP contribution in [0, 0.1) is 0 Å². The molecule has 25 heavy (non-hydrogen) atoms. The number of hydrogen-bond acceptors (Lipinski definition) is 6. The van der Waals surface area contributed by atoms with Crippen molar-refractivity contribution in [2.75, 3.05) is 41.0 Å². The van der Waals surface area contributed by atoms with Crippen LogP contribution in [-0.4, -0.2) is 63.6 Å². The standard InChI is InChI=1S/C17H24N2O6/c1-5-24-10-13-8-12(6-7-14(13)23-4)17(22)25-11-16(21)19(3)9-15(20)18-2/h6-8H,5,9-11H2,1-4H3,(H,18,20). The summed E-state index contributed by atoms with van der Waals surface area (Å²) in [4.78, 5) is 36.4. The molecule has 0 aliphatic rings. The van der Waals surface area contributed by atoms with Crippen LogP contribution in [-0.2, 0) is 25.7 Å². The fourth-order valence-electron chi connectivity index (χ4n) is 1.93. The van der Waals surface area contributed by atoms with Crippen LogP contribution in [0.4, 0.5) is 0 Å². The Morgan fingerprint density at radius 3 is 2.56 bits per heavy atom. The molecule has 0 aliphatic heterocycles. The van der Waals surface area contributed by atoms with Crippen molar-refractivity contribution in [1.29, 1.82) is 0 Å². The minimum absolute atomic E-state index is 0.103. The first-order valence-corrected chi connectivity index (χ1v) is 7.79. The highest BCUT2D eigenvalue weighted by Crippen LogP contribution is 2.21. The van der Waals surface area contributed by atoms with Gasteiger partial charge in [0, 0.05) is 26.3 Å². The Morgan fingerprint density at radius 2 is 1.96 bits per heavy atom. The van der Waals surface area contributed by atoms with Gasteiger partial charge >= 0.3 is 5.97 Å². The van der Waals surface area contributed by atoms with E-state index in [-0.39, 0.29) is 18.0 Å². The fraction of sp³-hybridized carbons (Fsp3) is 0.471. The Labute approximate surface area is 147 Å². The maximum atomic E-state index is 12.1. The molecule has 8 heteroatoms. The molecule has 0 atom stereocenters. The van der Waals surface area contributed by atoms with Gasteiger partial charge in [0.1, 0.15) is 5.75 Å².